The van der Waals surface area contributed by atoms with E-state index in [-0.39, 0.29) is 36.7 Å². The Balaban J connectivity index is 1.32. The number of nitrogens with zero attached hydrogens (tertiary/aromatic N) is 3. The van der Waals surface area contributed by atoms with Crippen molar-refractivity contribution in [3.05, 3.63) is 80.2 Å². The van der Waals surface area contributed by atoms with E-state index >= 15 is 8.78 Å². The number of ether oxygens (including phenoxy) is 2. The van der Waals surface area contributed by atoms with Gasteiger partial charge in [-0.25, -0.2) is 8.78 Å². The Bertz CT molecular complexity index is 1960. The number of carbonyl (C=O) groups excluding carboxylic acids is 5. The van der Waals surface area contributed by atoms with Gasteiger partial charge < -0.3 is 29.9 Å². The number of nitrogens with one attached hydrogen (secondary N) is 3. The number of methoxy groups -OCH3 is 2. The number of rotatable bonds is 15. The van der Waals surface area contributed by atoms with Crippen LogP contribution in [0.25, 0.3) is 5.57 Å². The topological polar surface area (TPSA) is 150 Å². The number of halogens is 2. The highest BCUT2D eigenvalue weighted by Crippen LogP contribution is 2.39. The zero-order valence-corrected chi connectivity index (χ0v) is 32.5. The first kappa shape index (κ1) is 41.0. The van der Waals surface area contributed by atoms with Crippen molar-refractivity contribution in [1.29, 1.82) is 0 Å². The van der Waals surface area contributed by atoms with Crippen LogP contribution in [0.15, 0.2) is 42.6 Å². The second kappa shape index (κ2) is 17.5. The molecule has 2 aliphatic rings. The molecule has 0 spiro atoms. The van der Waals surface area contributed by atoms with Crippen LogP contribution in [0.5, 0.6) is 11.5 Å². The van der Waals surface area contributed by atoms with E-state index in [1.54, 1.807) is 57.4 Å². The van der Waals surface area contributed by atoms with Crippen LogP contribution in [0.3, 0.4) is 0 Å². The van der Waals surface area contributed by atoms with E-state index in [4.69, 9.17) is 9.47 Å². The normalized spacial score (nSPS) is 18.6. The predicted octanol–water partition coefficient (Wildman–Crippen LogP) is 3.96. The fourth-order valence-corrected chi connectivity index (χ4v) is 8.07. The van der Waals surface area contributed by atoms with E-state index in [1.165, 1.54) is 11.1 Å². The van der Waals surface area contributed by atoms with Crippen molar-refractivity contribution in [2.24, 2.45) is 0 Å². The smallest absolute Gasteiger partial charge is 0.284 e. The van der Waals surface area contributed by atoms with E-state index in [1.807, 2.05) is 31.1 Å². The van der Waals surface area contributed by atoms with Gasteiger partial charge in [0.25, 0.3) is 11.8 Å². The van der Waals surface area contributed by atoms with Crippen LogP contribution in [0.4, 0.5) is 14.5 Å². The molecular weight excluding hydrogens is 735 g/mol. The Morgan fingerprint density at radius 1 is 1.05 bits per heavy atom. The zero-order chi connectivity index (χ0) is 40.0. The summed E-state index contributed by atoms with van der Waals surface area (Å²) in [6, 6.07) is 8.09. The molecule has 13 nitrogen and oxygen atoms in total. The molecule has 1 aromatic heterocycles. The van der Waals surface area contributed by atoms with Crippen LogP contribution in [0.1, 0.15) is 66.4 Å². The molecule has 4 amide bonds. The molecular formula is C39H46F2N6O7S. The average Bonchev–Trinajstić information content (AvgIpc) is 3.53. The Morgan fingerprint density at radius 3 is 2.36 bits per heavy atom. The molecule has 0 radical (unpaired) electrons. The van der Waals surface area contributed by atoms with Gasteiger partial charge in [0.1, 0.15) is 17.8 Å². The molecule has 2 aliphatic heterocycles. The maximum absolute atomic E-state index is 15.8. The molecule has 0 aliphatic carbocycles. The lowest BCUT2D eigenvalue weighted by molar-refractivity contribution is -0.137. The summed E-state index contributed by atoms with van der Waals surface area (Å²) < 4.78 is 43.0. The molecule has 2 atom stereocenters. The van der Waals surface area contributed by atoms with Crippen LogP contribution in [-0.4, -0.2) is 107 Å². The van der Waals surface area contributed by atoms with Crippen molar-refractivity contribution < 1.29 is 42.2 Å². The minimum atomic E-state index is -3.31. The molecule has 0 saturated carbocycles. The molecule has 3 aromatic rings. The van der Waals surface area contributed by atoms with Gasteiger partial charge in [-0.3, -0.25) is 34.2 Å². The van der Waals surface area contributed by atoms with Gasteiger partial charge >= 0.3 is 0 Å². The highest BCUT2D eigenvalue weighted by atomic mass is 32.1. The standard InChI is InChI=1S/C39H46F2N6O7S/c1-23-13-33(55-36(23)28(17-42-22-49)25-15-31(53-5)29(19-45(2)3)32(16-25)54-6)38(52)43-34-11-12-47(21-39(34,40)41)27-8-7-24(20-48)26(14-27)18-46(4)30-9-10-35(50)44-37(30)51/h7-8,13-17,20,22,30,34H,9-12,18-19,21H2,1-6H3,(H,42,49)(H,43,52)(H,44,50,51)/b28-17-. The highest BCUT2D eigenvalue weighted by Gasteiger charge is 2.46. The number of likely N-dealkylation sites (N-methyl/N-ethyl adjacent to an activating group) is 1. The first-order valence-corrected chi connectivity index (χ1v) is 18.5. The van der Waals surface area contributed by atoms with Crippen molar-refractivity contribution in [1.82, 2.24) is 25.8 Å². The number of carbonyl (C=O) groups is 5. The van der Waals surface area contributed by atoms with E-state index in [0.29, 0.717) is 75.6 Å². The number of piperidine rings is 2. The molecule has 2 aromatic carbocycles. The molecule has 3 heterocycles. The van der Waals surface area contributed by atoms with Gasteiger partial charge in [-0.2, -0.15) is 0 Å². The molecule has 55 heavy (non-hydrogen) atoms. The minimum Gasteiger partial charge on any atom is -0.496 e. The predicted molar refractivity (Wildman–Crippen MR) is 205 cm³/mol. The van der Waals surface area contributed by atoms with Gasteiger partial charge in [0.05, 0.1) is 43.3 Å². The molecule has 2 saturated heterocycles. The van der Waals surface area contributed by atoms with E-state index in [2.05, 4.69) is 16.0 Å². The molecule has 294 valence electrons. The van der Waals surface area contributed by atoms with Gasteiger partial charge in [0.15, 0.2) is 0 Å². The maximum Gasteiger partial charge on any atom is 0.284 e. The summed E-state index contributed by atoms with van der Waals surface area (Å²) in [7, 11) is 8.65. The number of hydrogen-bond donors (Lipinski definition) is 3. The molecule has 16 heteroatoms. The lowest BCUT2D eigenvalue weighted by Crippen LogP contribution is -2.58. The number of alkyl halides is 2. The summed E-state index contributed by atoms with van der Waals surface area (Å²) >= 11 is 1.11. The minimum absolute atomic E-state index is 0.0514. The Kier molecular flexibility index (Phi) is 13.1. The lowest BCUT2D eigenvalue weighted by Gasteiger charge is -2.40. The Hall–Kier alpha value is -5.19. The number of imide groups is 1. The molecule has 0 bridgehead atoms. The zero-order valence-electron chi connectivity index (χ0n) is 31.7. The fraction of sp³-hybridized carbons (Fsp3) is 0.410. The van der Waals surface area contributed by atoms with Crippen LogP contribution >= 0.6 is 11.3 Å². The number of benzene rings is 2. The van der Waals surface area contributed by atoms with E-state index in [9.17, 15) is 24.0 Å². The number of aldehydes is 1. The van der Waals surface area contributed by atoms with Gasteiger partial charge in [0, 0.05) is 54.0 Å². The molecule has 2 unspecified atom stereocenters. The number of amides is 4. The van der Waals surface area contributed by atoms with Crippen LogP contribution in [0, 0.1) is 6.92 Å². The van der Waals surface area contributed by atoms with Crippen molar-refractivity contribution in [2.45, 2.75) is 57.3 Å². The SMILES string of the molecule is COc1cc(/C(=C/NC=O)c2sc(C(=O)NC3CCN(c4ccc(C=O)c(CN(C)C5CCC(=O)NC5=O)c4)CC3(F)F)cc2C)cc(OC)c1CN(C)C. The largest absolute Gasteiger partial charge is 0.496 e. The van der Waals surface area contributed by atoms with Gasteiger partial charge in [0.2, 0.25) is 18.2 Å². The number of thiophene rings is 1. The van der Waals surface area contributed by atoms with Crippen LogP contribution in [-0.2, 0) is 27.5 Å². The van der Waals surface area contributed by atoms with Crippen LogP contribution < -0.4 is 30.3 Å². The average molecular weight is 781 g/mol. The molecule has 3 N–H and O–H groups in total. The lowest BCUT2D eigenvalue weighted by atomic mass is 9.98. The second-order valence-electron chi connectivity index (χ2n) is 13.9. The summed E-state index contributed by atoms with van der Waals surface area (Å²) in [5.41, 5.74) is 4.14. The third-order valence-electron chi connectivity index (χ3n) is 9.76. The second-order valence-corrected chi connectivity index (χ2v) is 15.0. The Labute approximate surface area is 322 Å². The van der Waals surface area contributed by atoms with Gasteiger partial charge in [-0.1, -0.05) is 0 Å². The maximum atomic E-state index is 15.8. The van der Waals surface area contributed by atoms with E-state index in [0.717, 1.165) is 16.9 Å². The summed E-state index contributed by atoms with van der Waals surface area (Å²) in [5.74, 6) is -3.58. The van der Waals surface area contributed by atoms with Crippen LogP contribution in [0.2, 0.25) is 0 Å². The van der Waals surface area contributed by atoms with Gasteiger partial charge in [-0.05, 0) is 94.0 Å². The molecule has 5 rings (SSSR count). The van der Waals surface area contributed by atoms with E-state index < -0.39 is 36.4 Å². The first-order valence-electron chi connectivity index (χ1n) is 17.7. The van der Waals surface area contributed by atoms with Crippen molar-refractivity contribution in [2.75, 3.05) is 53.4 Å². The quantitative estimate of drug-likeness (QED) is 0.153. The third kappa shape index (κ3) is 9.37. The number of hydrogen-bond acceptors (Lipinski definition) is 11. The summed E-state index contributed by atoms with van der Waals surface area (Å²) in [5, 5.41) is 7.48. The summed E-state index contributed by atoms with van der Waals surface area (Å²) in [6.07, 6.45) is 3.20. The fourth-order valence-electron chi connectivity index (χ4n) is 6.96. The molecule has 2 fully saturated rings. The summed E-state index contributed by atoms with van der Waals surface area (Å²) in [6.45, 7) is 2.06. The third-order valence-corrected chi connectivity index (χ3v) is 11.0. The van der Waals surface area contributed by atoms with Crippen molar-refractivity contribution in [3.8, 4) is 11.5 Å². The Morgan fingerprint density at radius 2 is 1.76 bits per heavy atom. The van der Waals surface area contributed by atoms with Crippen molar-refractivity contribution >= 4 is 53.0 Å². The monoisotopic (exact) mass is 780 g/mol. The summed E-state index contributed by atoms with van der Waals surface area (Å²) in [4.78, 5) is 66.9. The number of aryl methyl sites for hydroxylation is 1. The highest BCUT2D eigenvalue weighted by molar-refractivity contribution is 7.15. The number of anilines is 1. The first-order chi connectivity index (χ1) is 26.2. The van der Waals surface area contributed by atoms with Crippen molar-refractivity contribution in [3.63, 3.8) is 0 Å². The van der Waals surface area contributed by atoms with Gasteiger partial charge in [-0.15, -0.1) is 11.3 Å².